The van der Waals surface area contributed by atoms with Crippen LogP contribution >= 0.6 is 0 Å². The van der Waals surface area contributed by atoms with Crippen molar-refractivity contribution in [2.45, 2.75) is 37.8 Å². The number of nitrogens with zero attached hydrogens (tertiary/aromatic N) is 3. The van der Waals surface area contributed by atoms with E-state index in [-0.39, 0.29) is 23.3 Å². The molecule has 0 saturated carbocycles. The van der Waals surface area contributed by atoms with Crippen molar-refractivity contribution in [2.24, 2.45) is 5.92 Å². The van der Waals surface area contributed by atoms with E-state index in [2.05, 4.69) is 21.8 Å². The molecule has 1 fully saturated rings. The van der Waals surface area contributed by atoms with Gasteiger partial charge in [-0.15, -0.1) is 0 Å². The highest BCUT2D eigenvalue weighted by atomic mass is 32.2. The van der Waals surface area contributed by atoms with Crippen LogP contribution in [-0.4, -0.2) is 41.3 Å². The Hall–Kier alpha value is -2.71. The standard InChI is InChI=1S/C22H26N4O3S/c1-2-25-12-9-18-13-20(7-8-21(18)25)30(28,29)26-11-4-6-19(16-26)22(27)24-15-17-5-3-10-23-14-17/h3,5,7-10,12-14,19H,2,4,6,11,15-16H2,1H3,(H,24,27). The number of benzene rings is 1. The summed E-state index contributed by atoms with van der Waals surface area (Å²) >= 11 is 0. The van der Waals surface area contributed by atoms with Crippen molar-refractivity contribution in [2.75, 3.05) is 13.1 Å². The second-order valence-corrected chi connectivity index (χ2v) is 9.54. The number of hydrogen-bond acceptors (Lipinski definition) is 4. The maximum Gasteiger partial charge on any atom is 0.243 e. The molecule has 30 heavy (non-hydrogen) atoms. The van der Waals surface area contributed by atoms with Crippen LogP contribution in [0.4, 0.5) is 0 Å². The summed E-state index contributed by atoms with van der Waals surface area (Å²) in [6.45, 7) is 3.91. The molecular weight excluding hydrogens is 400 g/mol. The van der Waals surface area contributed by atoms with Crippen LogP contribution in [0.5, 0.6) is 0 Å². The average Bonchev–Trinajstić information content (AvgIpc) is 3.20. The molecule has 1 saturated heterocycles. The van der Waals surface area contributed by atoms with E-state index < -0.39 is 10.0 Å². The second kappa shape index (κ2) is 8.57. The van der Waals surface area contributed by atoms with Crippen molar-refractivity contribution in [3.63, 3.8) is 0 Å². The number of rotatable bonds is 6. The summed E-state index contributed by atoms with van der Waals surface area (Å²) in [6, 6.07) is 10.9. The lowest BCUT2D eigenvalue weighted by molar-refractivity contribution is -0.126. The van der Waals surface area contributed by atoms with Crippen molar-refractivity contribution in [1.82, 2.24) is 19.2 Å². The zero-order chi connectivity index (χ0) is 21.1. The molecule has 3 aromatic rings. The highest BCUT2D eigenvalue weighted by molar-refractivity contribution is 7.89. The number of aryl methyl sites for hydroxylation is 1. The summed E-state index contributed by atoms with van der Waals surface area (Å²) in [5.41, 5.74) is 1.93. The molecule has 7 nitrogen and oxygen atoms in total. The molecule has 1 aromatic carbocycles. The van der Waals surface area contributed by atoms with E-state index in [1.807, 2.05) is 30.5 Å². The lowest BCUT2D eigenvalue weighted by Gasteiger charge is -2.31. The molecule has 1 atom stereocenters. The fraction of sp³-hybridized carbons (Fsp3) is 0.364. The first-order chi connectivity index (χ1) is 14.5. The second-order valence-electron chi connectivity index (χ2n) is 7.60. The largest absolute Gasteiger partial charge is 0.352 e. The lowest BCUT2D eigenvalue weighted by atomic mass is 9.99. The summed E-state index contributed by atoms with van der Waals surface area (Å²) in [6.07, 6.45) is 6.70. The number of fused-ring (bicyclic) bond motifs is 1. The number of aromatic nitrogens is 2. The predicted octanol–water partition coefficient (Wildman–Crippen LogP) is 2.77. The van der Waals surface area contributed by atoms with E-state index in [1.165, 1.54) is 4.31 Å². The Kier molecular flexibility index (Phi) is 5.87. The number of hydrogen-bond donors (Lipinski definition) is 1. The molecule has 0 aliphatic carbocycles. The van der Waals surface area contributed by atoms with Crippen LogP contribution in [0, 0.1) is 5.92 Å². The number of sulfonamides is 1. The van der Waals surface area contributed by atoms with Crippen LogP contribution in [0.3, 0.4) is 0 Å². The molecule has 2 aromatic heterocycles. The molecule has 8 heteroatoms. The van der Waals surface area contributed by atoms with Crippen LogP contribution in [-0.2, 0) is 27.9 Å². The molecule has 1 aliphatic rings. The van der Waals surface area contributed by atoms with E-state index in [0.29, 0.717) is 25.9 Å². The molecule has 1 aliphatic heterocycles. The highest BCUT2D eigenvalue weighted by Crippen LogP contribution is 2.27. The van der Waals surface area contributed by atoms with Crippen molar-refractivity contribution in [1.29, 1.82) is 0 Å². The molecule has 158 valence electrons. The molecule has 1 N–H and O–H groups in total. The van der Waals surface area contributed by atoms with E-state index in [9.17, 15) is 13.2 Å². The first kappa shape index (κ1) is 20.6. The number of amides is 1. The summed E-state index contributed by atoms with van der Waals surface area (Å²) in [5.74, 6) is -0.468. The molecule has 3 heterocycles. The fourth-order valence-electron chi connectivity index (χ4n) is 3.97. The van der Waals surface area contributed by atoms with Gasteiger partial charge in [0.05, 0.1) is 10.8 Å². The molecular formula is C22H26N4O3S. The third kappa shape index (κ3) is 4.11. The van der Waals surface area contributed by atoms with E-state index in [1.54, 1.807) is 24.5 Å². The zero-order valence-corrected chi connectivity index (χ0v) is 17.8. The van der Waals surface area contributed by atoms with Gasteiger partial charge < -0.3 is 9.88 Å². The van der Waals surface area contributed by atoms with Gasteiger partial charge in [-0.3, -0.25) is 9.78 Å². The van der Waals surface area contributed by atoms with Gasteiger partial charge >= 0.3 is 0 Å². The number of carbonyl (C=O) groups is 1. The van der Waals surface area contributed by atoms with Crippen LogP contribution in [0.15, 0.2) is 59.9 Å². The molecule has 1 amide bonds. The topological polar surface area (TPSA) is 84.3 Å². The van der Waals surface area contributed by atoms with Crippen LogP contribution < -0.4 is 5.32 Å². The van der Waals surface area contributed by atoms with Gasteiger partial charge in [0.15, 0.2) is 0 Å². The number of piperidine rings is 1. The minimum Gasteiger partial charge on any atom is -0.352 e. The van der Waals surface area contributed by atoms with E-state index >= 15 is 0 Å². The Morgan fingerprint density at radius 3 is 2.90 bits per heavy atom. The number of pyridine rings is 1. The summed E-state index contributed by atoms with van der Waals surface area (Å²) in [7, 11) is -3.65. The van der Waals surface area contributed by atoms with Crippen molar-refractivity contribution in [3.8, 4) is 0 Å². The summed E-state index contributed by atoms with van der Waals surface area (Å²) in [5, 5.41) is 3.81. The fourth-order valence-corrected chi connectivity index (χ4v) is 5.53. The van der Waals surface area contributed by atoms with Gasteiger partial charge in [0.25, 0.3) is 0 Å². The third-order valence-corrected chi connectivity index (χ3v) is 7.53. The van der Waals surface area contributed by atoms with Gasteiger partial charge in [-0.2, -0.15) is 4.31 Å². The minimum atomic E-state index is -3.65. The Morgan fingerprint density at radius 2 is 2.13 bits per heavy atom. The SMILES string of the molecule is CCn1ccc2cc(S(=O)(=O)N3CCCC(C(=O)NCc4cccnc4)C3)ccc21. The molecule has 0 spiro atoms. The Labute approximate surface area is 176 Å². The summed E-state index contributed by atoms with van der Waals surface area (Å²) in [4.78, 5) is 17.0. The van der Waals surface area contributed by atoms with Gasteiger partial charge in [-0.25, -0.2) is 8.42 Å². The zero-order valence-electron chi connectivity index (χ0n) is 17.0. The third-order valence-electron chi connectivity index (χ3n) is 5.67. The quantitative estimate of drug-likeness (QED) is 0.657. The van der Waals surface area contributed by atoms with E-state index in [4.69, 9.17) is 0 Å². The van der Waals surface area contributed by atoms with Crippen LogP contribution in [0.2, 0.25) is 0 Å². The van der Waals surface area contributed by atoms with Crippen molar-refractivity contribution in [3.05, 3.63) is 60.6 Å². The van der Waals surface area contributed by atoms with Gasteiger partial charge in [-0.05, 0) is 55.7 Å². The van der Waals surface area contributed by atoms with Gasteiger partial charge in [-0.1, -0.05) is 6.07 Å². The predicted molar refractivity (Wildman–Crippen MR) is 115 cm³/mol. The lowest BCUT2D eigenvalue weighted by Crippen LogP contribution is -2.45. The highest BCUT2D eigenvalue weighted by Gasteiger charge is 2.33. The molecule has 1 unspecified atom stereocenters. The molecule has 0 bridgehead atoms. The maximum atomic E-state index is 13.2. The van der Waals surface area contributed by atoms with E-state index in [0.717, 1.165) is 23.0 Å². The Balaban J connectivity index is 1.47. The Bertz CT molecular complexity index is 1140. The van der Waals surface area contributed by atoms with Crippen molar-refractivity contribution < 1.29 is 13.2 Å². The number of nitrogens with one attached hydrogen (secondary N) is 1. The van der Waals surface area contributed by atoms with Crippen molar-refractivity contribution >= 4 is 26.8 Å². The van der Waals surface area contributed by atoms with Crippen LogP contribution in [0.1, 0.15) is 25.3 Å². The average molecular weight is 427 g/mol. The normalized spacial score (nSPS) is 17.8. The van der Waals surface area contributed by atoms with Gasteiger partial charge in [0.1, 0.15) is 0 Å². The number of carbonyl (C=O) groups excluding carboxylic acids is 1. The molecule has 4 rings (SSSR count). The van der Waals surface area contributed by atoms with Crippen LogP contribution in [0.25, 0.3) is 10.9 Å². The minimum absolute atomic E-state index is 0.116. The smallest absolute Gasteiger partial charge is 0.243 e. The molecule has 0 radical (unpaired) electrons. The maximum absolute atomic E-state index is 13.2. The first-order valence-electron chi connectivity index (χ1n) is 10.2. The first-order valence-corrected chi connectivity index (χ1v) is 11.7. The summed E-state index contributed by atoms with van der Waals surface area (Å²) < 4.78 is 30.0. The van der Waals surface area contributed by atoms with Gasteiger partial charge in [0, 0.05) is 55.7 Å². The Morgan fingerprint density at radius 1 is 1.27 bits per heavy atom. The monoisotopic (exact) mass is 426 g/mol. The van der Waals surface area contributed by atoms with Gasteiger partial charge in [0.2, 0.25) is 15.9 Å².